The standard InChI is InChI=1S/C32H31ClFNO11/c1-16(36)42-15-28-30(44-18(3)38)31(45-19(4)39)29(43-17(2)37)27(46-28)13-23(40)12-25-24-11-21(33)7-10-26(24)35(32(25)41)14-20-5-8-22(34)9-6-20/h5-12,27-31H,13-15H2,1-4H3/b25-12-/t27-,28+,29-,30+,31+/m0/s1. The summed E-state index contributed by atoms with van der Waals surface area (Å²) in [6.07, 6.45) is -6.16. The zero-order chi connectivity index (χ0) is 33.7. The van der Waals surface area contributed by atoms with Crippen LogP contribution in [-0.4, -0.2) is 72.7 Å². The van der Waals surface area contributed by atoms with Gasteiger partial charge in [-0.15, -0.1) is 0 Å². The first kappa shape index (κ1) is 34.3. The molecule has 4 rings (SSSR count). The third-order valence-electron chi connectivity index (χ3n) is 7.06. The number of hydrogen-bond donors (Lipinski definition) is 0. The van der Waals surface area contributed by atoms with Gasteiger partial charge >= 0.3 is 23.9 Å². The molecule has 2 aromatic rings. The molecular weight excluding hydrogens is 629 g/mol. The van der Waals surface area contributed by atoms with Gasteiger partial charge in [0.05, 0.1) is 17.8 Å². The Morgan fingerprint density at radius 3 is 2.02 bits per heavy atom. The lowest BCUT2D eigenvalue weighted by Gasteiger charge is -2.44. The highest BCUT2D eigenvalue weighted by Crippen LogP contribution is 2.40. The van der Waals surface area contributed by atoms with Crippen LogP contribution in [-0.2, 0) is 59.0 Å². The number of carbonyl (C=O) groups excluding carboxylic acids is 6. The summed E-state index contributed by atoms with van der Waals surface area (Å²) >= 11 is 6.23. The molecule has 0 aromatic heterocycles. The van der Waals surface area contributed by atoms with Crippen LogP contribution >= 0.6 is 11.6 Å². The molecule has 2 aliphatic rings. The number of halogens is 2. The Kier molecular flexibility index (Phi) is 10.9. The fraction of sp³-hybridized carbons (Fsp3) is 0.375. The monoisotopic (exact) mass is 659 g/mol. The zero-order valence-electron chi connectivity index (χ0n) is 25.3. The Bertz CT molecular complexity index is 1570. The van der Waals surface area contributed by atoms with Crippen molar-refractivity contribution < 1.29 is 56.8 Å². The lowest BCUT2D eigenvalue weighted by Crippen LogP contribution is -2.62. The molecule has 0 bridgehead atoms. The summed E-state index contributed by atoms with van der Waals surface area (Å²) in [5.41, 5.74) is 1.52. The van der Waals surface area contributed by atoms with E-state index in [0.717, 1.165) is 33.8 Å². The number of ketones is 1. The molecule has 46 heavy (non-hydrogen) atoms. The normalized spacial score (nSPS) is 23.0. The lowest BCUT2D eigenvalue weighted by molar-refractivity contribution is -0.252. The molecule has 2 heterocycles. The molecule has 2 aromatic carbocycles. The number of nitrogens with zero attached hydrogens (tertiary/aromatic N) is 1. The zero-order valence-corrected chi connectivity index (χ0v) is 26.1. The van der Waals surface area contributed by atoms with E-state index in [4.69, 9.17) is 35.3 Å². The number of esters is 4. The first-order valence-electron chi connectivity index (χ1n) is 14.1. The van der Waals surface area contributed by atoms with Crippen LogP contribution in [0.1, 0.15) is 45.2 Å². The molecule has 0 aliphatic carbocycles. The maximum absolute atomic E-state index is 13.6. The molecule has 12 nitrogen and oxygen atoms in total. The summed E-state index contributed by atoms with van der Waals surface area (Å²) in [4.78, 5) is 76.4. The number of anilines is 1. The van der Waals surface area contributed by atoms with Gasteiger partial charge in [-0.1, -0.05) is 23.7 Å². The van der Waals surface area contributed by atoms with Gasteiger partial charge in [-0.2, -0.15) is 0 Å². The molecule has 0 N–H and O–H groups in total. The second-order valence-electron chi connectivity index (χ2n) is 10.6. The Morgan fingerprint density at radius 1 is 0.848 bits per heavy atom. The molecule has 2 aliphatic heterocycles. The van der Waals surface area contributed by atoms with Crippen LogP contribution in [0.5, 0.6) is 0 Å². The summed E-state index contributed by atoms with van der Waals surface area (Å²) in [7, 11) is 0. The number of allylic oxidation sites excluding steroid dienone is 1. The average molecular weight is 660 g/mol. The molecule has 14 heteroatoms. The van der Waals surface area contributed by atoms with Gasteiger partial charge < -0.3 is 28.6 Å². The largest absolute Gasteiger partial charge is 0.463 e. The van der Waals surface area contributed by atoms with Crippen molar-refractivity contribution in [3.05, 3.63) is 70.5 Å². The SMILES string of the molecule is CC(=O)OC[C@H]1O[C@@H](CC(=O)/C=C2\C(=O)N(Cc3ccc(F)cc3)c3ccc(Cl)cc32)[C@H](OC(C)=O)[C@@H](OC(C)=O)[C@@H]1OC(C)=O. The second-order valence-corrected chi connectivity index (χ2v) is 11.1. The number of benzene rings is 2. The predicted octanol–water partition coefficient (Wildman–Crippen LogP) is 3.49. The minimum absolute atomic E-state index is 0.0234. The molecule has 1 saturated heterocycles. The van der Waals surface area contributed by atoms with Crippen molar-refractivity contribution in [3.8, 4) is 0 Å². The lowest BCUT2D eigenvalue weighted by atomic mass is 9.91. The van der Waals surface area contributed by atoms with Crippen LogP contribution in [0.15, 0.2) is 48.5 Å². The molecule has 0 unspecified atom stereocenters. The fourth-order valence-corrected chi connectivity index (χ4v) is 5.47. The average Bonchev–Trinajstić information content (AvgIpc) is 3.20. The van der Waals surface area contributed by atoms with Gasteiger partial charge in [-0.05, 0) is 42.0 Å². The Hall–Kier alpha value is -4.62. The quantitative estimate of drug-likeness (QED) is 0.209. The highest BCUT2D eigenvalue weighted by Gasteiger charge is 2.52. The third-order valence-corrected chi connectivity index (χ3v) is 7.30. The molecular formula is C32H31ClFNO11. The van der Waals surface area contributed by atoms with Gasteiger partial charge in [0.15, 0.2) is 24.1 Å². The van der Waals surface area contributed by atoms with E-state index in [1.807, 2.05) is 0 Å². The first-order valence-corrected chi connectivity index (χ1v) is 14.5. The summed E-state index contributed by atoms with van der Waals surface area (Å²) in [6, 6.07) is 10.4. The highest BCUT2D eigenvalue weighted by molar-refractivity contribution is 6.36. The number of ether oxygens (including phenoxy) is 5. The van der Waals surface area contributed by atoms with Crippen molar-refractivity contribution in [2.45, 2.75) is 71.2 Å². The third kappa shape index (κ3) is 8.34. The number of amides is 1. The Balaban J connectivity index is 1.67. The smallest absolute Gasteiger partial charge is 0.303 e. The van der Waals surface area contributed by atoms with Crippen molar-refractivity contribution in [2.24, 2.45) is 0 Å². The number of fused-ring (bicyclic) bond motifs is 1. The van der Waals surface area contributed by atoms with Crippen LogP contribution in [0.25, 0.3) is 5.57 Å². The number of hydrogen-bond acceptors (Lipinski definition) is 11. The van der Waals surface area contributed by atoms with Crippen LogP contribution in [0.2, 0.25) is 5.02 Å². The molecule has 244 valence electrons. The van der Waals surface area contributed by atoms with E-state index in [1.54, 1.807) is 12.1 Å². The number of carbonyl (C=O) groups is 6. The van der Waals surface area contributed by atoms with E-state index < -0.39 is 84.9 Å². The topological polar surface area (TPSA) is 152 Å². The molecule has 0 spiro atoms. The van der Waals surface area contributed by atoms with Crippen LogP contribution < -0.4 is 4.90 Å². The summed E-state index contributed by atoms with van der Waals surface area (Å²) in [5.74, 6) is -4.69. The molecule has 0 radical (unpaired) electrons. The second kappa shape index (κ2) is 14.6. The molecule has 1 fully saturated rings. The maximum Gasteiger partial charge on any atom is 0.303 e. The van der Waals surface area contributed by atoms with Crippen molar-refractivity contribution in [1.29, 1.82) is 0 Å². The summed E-state index contributed by atoms with van der Waals surface area (Å²) in [6.45, 7) is 4.04. The van der Waals surface area contributed by atoms with E-state index in [2.05, 4.69) is 0 Å². The van der Waals surface area contributed by atoms with Gasteiger partial charge in [0.1, 0.15) is 24.6 Å². The Labute approximate surface area is 268 Å². The highest BCUT2D eigenvalue weighted by atomic mass is 35.5. The van der Waals surface area contributed by atoms with Crippen molar-refractivity contribution in [3.63, 3.8) is 0 Å². The minimum atomic E-state index is -1.44. The molecule has 0 saturated carbocycles. The maximum atomic E-state index is 13.6. The summed E-state index contributed by atoms with van der Waals surface area (Å²) < 4.78 is 40.8. The van der Waals surface area contributed by atoms with Gasteiger partial charge in [0.25, 0.3) is 5.91 Å². The van der Waals surface area contributed by atoms with E-state index in [9.17, 15) is 33.2 Å². The minimum Gasteiger partial charge on any atom is -0.463 e. The van der Waals surface area contributed by atoms with Gasteiger partial charge in [0, 0.05) is 44.7 Å². The van der Waals surface area contributed by atoms with E-state index in [0.29, 0.717) is 21.8 Å². The predicted molar refractivity (Wildman–Crippen MR) is 159 cm³/mol. The van der Waals surface area contributed by atoms with Crippen LogP contribution in [0, 0.1) is 5.82 Å². The fourth-order valence-electron chi connectivity index (χ4n) is 5.30. The van der Waals surface area contributed by atoms with Crippen LogP contribution in [0.3, 0.4) is 0 Å². The van der Waals surface area contributed by atoms with Crippen molar-refractivity contribution in [2.75, 3.05) is 11.5 Å². The van der Waals surface area contributed by atoms with Gasteiger partial charge in [-0.3, -0.25) is 28.8 Å². The van der Waals surface area contributed by atoms with Gasteiger partial charge in [-0.25, -0.2) is 4.39 Å². The summed E-state index contributed by atoms with van der Waals surface area (Å²) in [5, 5.41) is 0.313. The van der Waals surface area contributed by atoms with E-state index in [1.165, 1.54) is 35.2 Å². The van der Waals surface area contributed by atoms with E-state index >= 15 is 0 Å². The van der Waals surface area contributed by atoms with Crippen LogP contribution in [0.4, 0.5) is 10.1 Å². The first-order chi connectivity index (χ1) is 21.7. The van der Waals surface area contributed by atoms with Crippen molar-refractivity contribution >= 4 is 58.4 Å². The molecule has 1 amide bonds. The Morgan fingerprint density at radius 2 is 1.43 bits per heavy atom. The molecule has 5 atom stereocenters. The number of rotatable bonds is 10. The van der Waals surface area contributed by atoms with Crippen molar-refractivity contribution in [1.82, 2.24) is 0 Å². The van der Waals surface area contributed by atoms with E-state index in [-0.39, 0.29) is 12.1 Å². The van der Waals surface area contributed by atoms with Gasteiger partial charge in [0.2, 0.25) is 0 Å².